The number of carbonyl (C=O) groups excluding carboxylic acids is 3. The van der Waals surface area contributed by atoms with Crippen molar-refractivity contribution in [1.29, 1.82) is 0 Å². The second kappa shape index (κ2) is 7.29. The molecule has 2 amide bonds. The number of carboxylic acid groups (broad SMARTS) is 1. The van der Waals surface area contributed by atoms with Crippen LogP contribution in [-0.2, 0) is 9.59 Å². The Kier molecular flexibility index (Phi) is 5.73. The smallest absolute Gasteiger partial charge is 0.543 e. The summed E-state index contributed by atoms with van der Waals surface area (Å²) in [4.78, 5) is 36.7. The molecule has 0 saturated carbocycles. The minimum absolute atomic E-state index is 0. The first-order valence-electron chi connectivity index (χ1n) is 7.65. The third-order valence-corrected chi connectivity index (χ3v) is 4.62. The Hall–Kier alpha value is -1.67. The summed E-state index contributed by atoms with van der Waals surface area (Å²) in [7, 11) is 1.51. The minimum atomic E-state index is -1.43. The fourth-order valence-electron chi connectivity index (χ4n) is 3.51. The quantitative estimate of drug-likeness (QED) is 0.426. The molecule has 2 heterocycles. The number of aliphatic carboxylic acids is 1. The van der Waals surface area contributed by atoms with Gasteiger partial charge in [-0.1, -0.05) is 12.1 Å². The van der Waals surface area contributed by atoms with Gasteiger partial charge in [0.2, 0.25) is 5.91 Å². The molecule has 1 saturated heterocycles. The van der Waals surface area contributed by atoms with Crippen molar-refractivity contribution in [1.82, 2.24) is 10.2 Å². The molecular weight excluding hydrogens is 335 g/mol. The predicted octanol–water partition coefficient (Wildman–Crippen LogP) is -3.88. The number of nitrogens with one attached hydrogen (secondary N) is 1. The Bertz CT molecular complexity index is 774. The number of hydrogen-bond acceptors (Lipinski definition) is 5. The van der Waals surface area contributed by atoms with E-state index in [1.54, 1.807) is 24.3 Å². The van der Waals surface area contributed by atoms with Gasteiger partial charge in [0.05, 0.1) is 29.7 Å². The second-order valence-electron chi connectivity index (χ2n) is 6.02. The molecular formula is C17H17N2NaO5. The summed E-state index contributed by atoms with van der Waals surface area (Å²) in [5, 5.41) is 23.8. The van der Waals surface area contributed by atoms with Crippen LogP contribution < -0.4 is 40.0 Å². The largest absolute Gasteiger partial charge is 1.00 e. The van der Waals surface area contributed by atoms with Crippen LogP contribution in [0.25, 0.3) is 5.57 Å². The van der Waals surface area contributed by atoms with Crippen LogP contribution in [0.5, 0.6) is 0 Å². The molecule has 1 aromatic carbocycles. The van der Waals surface area contributed by atoms with Crippen molar-refractivity contribution in [3.05, 3.63) is 41.1 Å². The monoisotopic (exact) mass is 352 g/mol. The first-order chi connectivity index (χ1) is 11.4. The molecule has 0 radical (unpaired) electrons. The van der Waals surface area contributed by atoms with Crippen molar-refractivity contribution in [3.8, 4) is 0 Å². The van der Waals surface area contributed by atoms with Gasteiger partial charge < -0.3 is 25.2 Å². The molecule has 0 aromatic heterocycles. The summed E-state index contributed by atoms with van der Waals surface area (Å²) < 4.78 is 0. The fraction of sp³-hybridized carbons (Fsp3) is 0.353. The van der Waals surface area contributed by atoms with Crippen LogP contribution in [0.3, 0.4) is 0 Å². The molecule has 3 unspecified atom stereocenters. The van der Waals surface area contributed by atoms with Crippen molar-refractivity contribution in [2.75, 3.05) is 7.05 Å². The van der Waals surface area contributed by atoms with Crippen molar-refractivity contribution in [2.45, 2.75) is 25.5 Å². The number of rotatable bonds is 4. The van der Waals surface area contributed by atoms with Crippen molar-refractivity contribution in [2.24, 2.45) is 5.92 Å². The van der Waals surface area contributed by atoms with Gasteiger partial charge in [0, 0.05) is 12.6 Å². The van der Waals surface area contributed by atoms with E-state index in [0.717, 1.165) is 0 Å². The Morgan fingerprint density at radius 3 is 2.64 bits per heavy atom. The summed E-state index contributed by atoms with van der Waals surface area (Å²) in [6, 6.07) is 6.17. The number of β-lactam (4-membered cyclic amide) rings is 1. The van der Waals surface area contributed by atoms with Gasteiger partial charge in [-0.3, -0.25) is 9.59 Å². The van der Waals surface area contributed by atoms with E-state index in [1.807, 2.05) is 0 Å². The molecule has 3 atom stereocenters. The maximum Gasteiger partial charge on any atom is 1.00 e. The van der Waals surface area contributed by atoms with Gasteiger partial charge in [0.25, 0.3) is 5.91 Å². The molecule has 3 rings (SSSR count). The van der Waals surface area contributed by atoms with Crippen LogP contribution in [0.2, 0.25) is 0 Å². The molecule has 1 fully saturated rings. The summed E-state index contributed by atoms with van der Waals surface area (Å²) in [6.45, 7) is 1.52. The van der Waals surface area contributed by atoms with Crippen molar-refractivity contribution >= 4 is 23.4 Å². The standard InChI is InChI=1S/C17H18N2O5.Na/c1-8(20)13-12-7-11(14(17(23)24)19(12)16(13)22)9-4-3-5-10(6-9)15(21)18-2;/h3-6,8,12-13,20H,7H2,1-2H3,(H,18,21)(H,23,24);/q;+1/p-1. The maximum atomic E-state index is 12.2. The molecule has 1 aromatic rings. The van der Waals surface area contributed by atoms with Crippen LogP contribution in [0.15, 0.2) is 30.0 Å². The first kappa shape index (κ1) is 19.7. The van der Waals surface area contributed by atoms with E-state index in [2.05, 4.69) is 5.32 Å². The molecule has 2 aliphatic heterocycles. The summed E-state index contributed by atoms with van der Waals surface area (Å²) in [5.41, 5.74) is 1.23. The number of carbonyl (C=O) groups is 3. The van der Waals surface area contributed by atoms with Crippen molar-refractivity contribution in [3.63, 3.8) is 0 Å². The van der Waals surface area contributed by atoms with E-state index in [-0.39, 0.29) is 47.2 Å². The van der Waals surface area contributed by atoms with Crippen molar-refractivity contribution < 1.29 is 54.2 Å². The van der Waals surface area contributed by atoms with Gasteiger partial charge in [-0.25, -0.2) is 0 Å². The topological polar surface area (TPSA) is 110 Å². The molecule has 2 N–H and O–H groups in total. The number of amides is 2. The SMILES string of the molecule is CNC(=O)c1cccc(C2=C(C(=O)[O-])N3C(=O)C(C(C)O)C3C2)c1.[Na+]. The van der Waals surface area contributed by atoms with Crippen LogP contribution >= 0.6 is 0 Å². The Morgan fingerprint density at radius 2 is 2.08 bits per heavy atom. The zero-order valence-corrected chi connectivity index (χ0v) is 16.3. The second-order valence-corrected chi connectivity index (χ2v) is 6.02. The zero-order valence-electron chi connectivity index (χ0n) is 14.3. The van der Waals surface area contributed by atoms with Gasteiger partial charge in [-0.2, -0.15) is 0 Å². The molecule has 7 nitrogen and oxygen atoms in total. The minimum Gasteiger partial charge on any atom is -0.543 e. The number of carboxylic acids is 1. The maximum absolute atomic E-state index is 12.2. The number of aliphatic hydroxyl groups is 1. The molecule has 126 valence electrons. The normalized spacial score (nSPS) is 22.7. The van der Waals surface area contributed by atoms with E-state index in [4.69, 9.17) is 0 Å². The Labute approximate surface area is 167 Å². The first-order valence-corrected chi connectivity index (χ1v) is 7.65. The molecule has 2 aliphatic rings. The number of aliphatic hydroxyl groups excluding tert-OH is 1. The fourth-order valence-corrected chi connectivity index (χ4v) is 3.51. The van der Waals surface area contributed by atoms with Crippen LogP contribution in [0.1, 0.15) is 29.3 Å². The van der Waals surface area contributed by atoms with Crippen LogP contribution in [-0.4, -0.2) is 47.0 Å². The number of hydrogen-bond donors (Lipinski definition) is 2. The molecule has 0 aliphatic carbocycles. The van der Waals surface area contributed by atoms with Gasteiger partial charge in [-0.15, -0.1) is 0 Å². The molecule has 0 bridgehead atoms. The van der Waals surface area contributed by atoms with E-state index < -0.39 is 23.9 Å². The van der Waals surface area contributed by atoms with E-state index >= 15 is 0 Å². The zero-order chi connectivity index (χ0) is 17.6. The van der Waals surface area contributed by atoms with E-state index in [0.29, 0.717) is 23.1 Å². The number of nitrogens with zero attached hydrogens (tertiary/aromatic N) is 1. The van der Waals surface area contributed by atoms with E-state index in [9.17, 15) is 24.6 Å². The van der Waals surface area contributed by atoms with E-state index in [1.165, 1.54) is 18.9 Å². The number of benzene rings is 1. The summed E-state index contributed by atoms with van der Waals surface area (Å²) in [5.74, 6) is -2.74. The average Bonchev–Trinajstić information content (AvgIpc) is 2.89. The molecule has 25 heavy (non-hydrogen) atoms. The van der Waals surface area contributed by atoms with Gasteiger partial charge in [0.15, 0.2) is 0 Å². The van der Waals surface area contributed by atoms with Gasteiger partial charge in [-0.05, 0) is 36.6 Å². The van der Waals surface area contributed by atoms with Crippen LogP contribution in [0.4, 0.5) is 0 Å². The predicted molar refractivity (Wildman–Crippen MR) is 82.2 cm³/mol. The third-order valence-electron chi connectivity index (χ3n) is 4.62. The van der Waals surface area contributed by atoms with Crippen LogP contribution in [0, 0.1) is 5.92 Å². The average molecular weight is 352 g/mol. The number of fused-ring (bicyclic) bond motifs is 1. The van der Waals surface area contributed by atoms with Gasteiger partial charge >= 0.3 is 29.6 Å². The van der Waals surface area contributed by atoms with Gasteiger partial charge in [0.1, 0.15) is 0 Å². The molecule has 0 spiro atoms. The Balaban J connectivity index is 0.00000225. The summed E-state index contributed by atoms with van der Waals surface area (Å²) in [6.07, 6.45) is -0.541. The summed E-state index contributed by atoms with van der Waals surface area (Å²) >= 11 is 0. The molecule has 8 heteroatoms. The Morgan fingerprint density at radius 1 is 1.40 bits per heavy atom. The third kappa shape index (κ3) is 3.13.